The van der Waals surface area contributed by atoms with Crippen molar-refractivity contribution in [2.24, 2.45) is 0 Å². The molecule has 0 spiro atoms. The lowest BCUT2D eigenvalue weighted by Gasteiger charge is -2.10. The molecule has 0 heterocycles. The molecule has 23 heavy (non-hydrogen) atoms. The van der Waals surface area contributed by atoms with E-state index in [2.05, 4.69) is 5.32 Å². The second kappa shape index (κ2) is 7.56. The average Bonchev–Trinajstić information content (AvgIpc) is 2.53. The topological polar surface area (TPSA) is 86.6 Å². The van der Waals surface area contributed by atoms with Crippen LogP contribution in [0.3, 0.4) is 0 Å². The minimum atomic E-state index is -1.14. The third-order valence-electron chi connectivity index (χ3n) is 3.44. The first-order chi connectivity index (χ1) is 11.0. The van der Waals surface area contributed by atoms with Gasteiger partial charge < -0.3 is 15.5 Å². The van der Waals surface area contributed by atoms with Crippen LogP contribution in [-0.4, -0.2) is 28.2 Å². The predicted octanol–water partition coefficient (Wildman–Crippen LogP) is 2.95. The molecule has 2 rings (SSSR count). The third-order valence-corrected chi connectivity index (χ3v) is 3.44. The number of benzene rings is 2. The molecular weight excluding hydrogens is 294 g/mol. The molecule has 0 saturated heterocycles. The fourth-order valence-corrected chi connectivity index (χ4v) is 2.25. The van der Waals surface area contributed by atoms with Gasteiger partial charge in [0.2, 0.25) is 0 Å². The monoisotopic (exact) mass is 313 g/mol. The molecule has 0 saturated carbocycles. The van der Waals surface area contributed by atoms with Crippen molar-refractivity contribution in [1.82, 2.24) is 0 Å². The Morgan fingerprint density at radius 1 is 1.09 bits per heavy atom. The van der Waals surface area contributed by atoms with Crippen molar-refractivity contribution in [3.63, 3.8) is 0 Å². The number of aromatic carboxylic acids is 1. The lowest BCUT2D eigenvalue weighted by atomic mass is 10.1. The van der Waals surface area contributed by atoms with Crippen LogP contribution < -0.4 is 5.32 Å². The van der Waals surface area contributed by atoms with Crippen molar-refractivity contribution in [1.29, 1.82) is 0 Å². The van der Waals surface area contributed by atoms with Crippen molar-refractivity contribution in [3.05, 3.63) is 65.2 Å². The molecule has 1 unspecified atom stereocenters. The Kier molecular flexibility index (Phi) is 5.49. The van der Waals surface area contributed by atoms with Gasteiger partial charge in [-0.2, -0.15) is 0 Å². The molecule has 120 valence electrons. The molecule has 0 bridgehead atoms. The molecule has 2 aromatic carbocycles. The van der Waals surface area contributed by atoms with Gasteiger partial charge in [-0.25, -0.2) is 4.79 Å². The Bertz CT molecular complexity index is 710. The minimum absolute atomic E-state index is 0.0322. The van der Waals surface area contributed by atoms with Crippen LogP contribution in [0.5, 0.6) is 0 Å². The summed E-state index contributed by atoms with van der Waals surface area (Å²) in [6.07, 6.45) is 0.961. The van der Waals surface area contributed by atoms with E-state index in [-0.39, 0.29) is 17.2 Å². The smallest absolute Gasteiger partial charge is 0.336 e. The normalized spacial score (nSPS) is 11.7. The number of amides is 1. The van der Waals surface area contributed by atoms with E-state index in [4.69, 9.17) is 5.11 Å². The molecule has 0 radical (unpaired) electrons. The van der Waals surface area contributed by atoms with E-state index in [0.29, 0.717) is 18.5 Å². The van der Waals surface area contributed by atoms with E-state index in [1.54, 1.807) is 25.1 Å². The largest absolute Gasteiger partial charge is 0.478 e. The van der Waals surface area contributed by atoms with Gasteiger partial charge in [0.15, 0.2) is 0 Å². The lowest BCUT2D eigenvalue weighted by Crippen LogP contribution is -2.16. The molecule has 3 N–H and O–H groups in total. The summed E-state index contributed by atoms with van der Waals surface area (Å²) in [7, 11) is 0. The molecule has 1 atom stereocenters. The SMILES string of the molecule is CC(O)CCc1cccc(NC(=O)c2ccccc2C(=O)O)c1. The summed E-state index contributed by atoms with van der Waals surface area (Å²) < 4.78 is 0. The molecule has 5 nitrogen and oxygen atoms in total. The molecule has 0 aliphatic rings. The van der Waals surface area contributed by atoms with E-state index in [9.17, 15) is 14.7 Å². The highest BCUT2D eigenvalue weighted by molar-refractivity contribution is 6.10. The summed E-state index contributed by atoms with van der Waals surface area (Å²) >= 11 is 0. The molecular formula is C18H19NO4. The molecule has 2 aromatic rings. The zero-order chi connectivity index (χ0) is 16.8. The highest BCUT2D eigenvalue weighted by Gasteiger charge is 2.15. The maximum atomic E-state index is 12.3. The van der Waals surface area contributed by atoms with Crippen LogP contribution in [0.15, 0.2) is 48.5 Å². The summed E-state index contributed by atoms with van der Waals surface area (Å²) in [5, 5.41) is 21.2. The van der Waals surface area contributed by atoms with Crippen LogP contribution in [0.1, 0.15) is 39.6 Å². The predicted molar refractivity (Wildman–Crippen MR) is 87.8 cm³/mol. The maximum Gasteiger partial charge on any atom is 0.336 e. The van der Waals surface area contributed by atoms with Gasteiger partial charge in [0.05, 0.1) is 17.2 Å². The van der Waals surface area contributed by atoms with Gasteiger partial charge in [-0.05, 0) is 49.6 Å². The Morgan fingerprint density at radius 3 is 2.43 bits per heavy atom. The first-order valence-electron chi connectivity index (χ1n) is 7.38. The number of rotatable bonds is 6. The summed E-state index contributed by atoms with van der Waals surface area (Å²) in [6, 6.07) is 13.4. The fourth-order valence-electron chi connectivity index (χ4n) is 2.25. The summed E-state index contributed by atoms with van der Waals surface area (Å²) in [5.74, 6) is -1.60. The van der Waals surface area contributed by atoms with Crippen LogP contribution in [0, 0.1) is 0 Å². The zero-order valence-corrected chi connectivity index (χ0v) is 12.8. The van der Waals surface area contributed by atoms with Gasteiger partial charge in [-0.3, -0.25) is 4.79 Å². The number of hydrogen-bond acceptors (Lipinski definition) is 3. The number of carboxylic acid groups (broad SMARTS) is 1. The Hall–Kier alpha value is -2.66. The molecule has 0 fully saturated rings. The molecule has 0 aliphatic carbocycles. The number of aliphatic hydroxyl groups excluding tert-OH is 1. The van der Waals surface area contributed by atoms with Crippen molar-refractivity contribution in [2.75, 3.05) is 5.32 Å². The van der Waals surface area contributed by atoms with Crippen molar-refractivity contribution in [3.8, 4) is 0 Å². The Balaban J connectivity index is 2.15. The highest BCUT2D eigenvalue weighted by Crippen LogP contribution is 2.16. The van der Waals surface area contributed by atoms with Gasteiger partial charge >= 0.3 is 5.97 Å². The molecule has 5 heteroatoms. The average molecular weight is 313 g/mol. The van der Waals surface area contributed by atoms with E-state index in [1.807, 2.05) is 18.2 Å². The Labute approximate surface area is 134 Å². The van der Waals surface area contributed by atoms with Crippen molar-refractivity contribution < 1.29 is 19.8 Å². The van der Waals surface area contributed by atoms with E-state index < -0.39 is 11.9 Å². The summed E-state index contributed by atoms with van der Waals surface area (Å²) in [5.41, 5.74) is 1.68. The fraction of sp³-hybridized carbons (Fsp3) is 0.222. The number of hydrogen-bond donors (Lipinski definition) is 3. The van der Waals surface area contributed by atoms with Gasteiger partial charge in [0, 0.05) is 5.69 Å². The van der Waals surface area contributed by atoms with Gasteiger partial charge in [-0.1, -0.05) is 24.3 Å². The van der Waals surface area contributed by atoms with Crippen molar-refractivity contribution in [2.45, 2.75) is 25.9 Å². The van der Waals surface area contributed by atoms with Crippen LogP contribution >= 0.6 is 0 Å². The summed E-state index contributed by atoms with van der Waals surface area (Å²) in [6.45, 7) is 1.73. The number of carbonyl (C=O) groups is 2. The van der Waals surface area contributed by atoms with E-state index in [0.717, 1.165) is 5.56 Å². The third kappa shape index (κ3) is 4.66. The quantitative estimate of drug-likeness (QED) is 0.765. The van der Waals surface area contributed by atoms with Gasteiger partial charge in [-0.15, -0.1) is 0 Å². The van der Waals surface area contributed by atoms with Crippen LogP contribution in [0.25, 0.3) is 0 Å². The van der Waals surface area contributed by atoms with Gasteiger partial charge in [0.1, 0.15) is 0 Å². The van der Waals surface area contributed by atoms with Crippen LogP contribution in [-0.2, 0) is 6.42 Å². The zero-order valence-electron chi connectivity index (χ0n) is 12.8. The van der Waals surface area contributed by atoms with E-state index >= 15 is 0 Å². The lowest BCUT2D eigenvalue weighted by molar-refractivity contribution is 0.0692. The number of anilines is 1. The van der Waals surface area contributed by atoms with E-state index in [1.165, 1.54) is 12.1 Å². The standard InChI is InChI=1S/C18H19NO4/c1-12(20)9-10-13-5-4-6-14(11-13)19-17(21)15-7-2-3-8-16(15)18(22)23/h2-8,11-12,20H,9-10H2,1H3,(H,19,21)(H,22,23). The van der Waals surface area contributed by atoms with Crippen LogP contribution in [0.4, 0.5) is 5.69 Å². The number of carboxylic acids is 1. The first kappa shape index (κ1) is 16.7. The Morgan fingerprint density at radius 2 is 1.78 bits per heavy atom. The number of nitrogens with one attached hydrogen (secondary N) is 1. The second-order valence-corrected chi connectivity index (χ2v) is 5.39. The molecule has 0 aromatic heterocycles. The molecule has 0 aliphatic heterocycles. The first-order valence-corrected chi connectivity index (χ1v) is 7.38. The minimum Gasteiger partial charge on any atom is -0.478 e. The van der Waals surface area contributed by atoms with Gasteiger partial charge in [0.25, 0.3) is 5.91 Å². The van der Waals surface area contributed by atoms with Crippen molar-refractivity contribution >= 4 is 17.6 Å². The highest BCUT2D eigenvalue weighted by atomic mass is 16.4. The van der Waals surface area contributed by atoms with Crippen LogP contribution in [0.2, 0.25) is 0 Å². The number of carbonyl (C=O) groups excluding carboxylic acids is 1. The molecule has 1 amide bonds. The number of aryl methyl sites for hydroxylation is 1. The number of aliphatic hydroxyl groups is 1. The second-order valence-electron chi connectivity index (χ2n) is 5.39. The summed E-state index contributed by atoms with van der Waals surface area (Å²) in [4.78, 5) is 23.5. The maximum absolute atomic E-state index is 12.3.